The van der Waals surface area contributed by atoms with Crippen LogP contribution in [0.5, 0.6) is 5.75 Å². The van der Waals surface area contributed by atoms with Crippen molar-refractivity contribution in [2.24, 2.45) is 5.92 Å². The molecule has 3 saturated heterocycles. The maximum Gasteiger partial charge on any atom is 0.410 e. The van der Waals surface area contributed by atoms with E-state index in [0.29, 0.717) is 71.1 Å². The number of ether oxygens (including phenoxy) is 2. The third kappa shape index (κ3) is 9.29. The second kappa shape index (κ2) is 17.8. The van der Waals surface area contributed by atoms with Gasteiger partial charge in [-0.15, -0.1) is 0 Å². The second-order valence-electron chi connectivity index (χ2n) is 15.9. The molecule has 12 nitrogen and oxygen atoms in total. The Kier molecular flexibility index (Phi) is 12.4. The molecule has 12 heteroatoms. The average Bonchev–Trinajstić information content (AvgIpc) is 3.38. The van der Waals surface area contributed by atoms with Crippen LogP contribution in [0.1, 0.15) is 67.2 Å². The highest BCUT2D eigenvalue weighted by atomic mass is 16.6. The predicted molar refractivity (Wildman–Crippen MR) is 212 cm³/mol. The number of carboxylic acids is 1. The summed E-state index contributed by atoms with van der Waals surface area (Å²) >= 11 is 0. The Morgan fingerprint density at radius 1 is 0.857 bits per heavy atom. The van der Waals surface area contributed by atoms with Crippen molar-refractivity contribution in [2.75, 3.05) is 45.8 Å². The number of carbonyl (C=O) groups excluding carboxylic acids is 3. The standard InChI is InChI=1S/C44H55N5O7/c1-30-26-33(27-31(2)40(30)55-29-32-8-4-3-5-9-32)28-39(41(50)47-21-15-36(16-22-47)46-19-12-35(13-20-46)42(51)52)56-44(54)48-23-17-37(18-24-48)49-25-14-34-10-6-7-11-38(34)45-43(49)53/h3-9,11,14,26-27,35-37,39H,10,12-13,15-25,28-29H2,1-2H3,(H,45,53)(H,51,52)/t39-/m1/s1. The molecule has 0 spiro atoms. The number of nitrogens with one attached hydrogen (secondary N) is 1. The fourth-order valence-electron chi connectivity index (χ4n) is 8.92. The van der Waals surface area contributed by atoms with Gasteiger partial charge in [0.2, 0.25) is 0 Å². The molecule has 56 heavy (non-hydrogen) atoms. The quantitative estimate of drug-likeness (QED) is 0.302. The van der Waals surface area contributed by atoms with Crippen molar-refractivity contribution < 1.29 is 33.8 Å². The molecule has 5 aliphatic rings. The number of aliphatic carboxylic acids is 1. The Balaban J connectivity index is 1.00. The van der Waals surface area contributed by atoms with Crippen LogP contribution < -0.4 is 10.1 Å². The minimum Gasteiger partial charge on any atom is -0.488 e. The van der Waals surface area contributed by atoms with Crippen LogP contribution >= 0.6 is 0 Å². The lowest BCUT2D eigenvalue weighted by Crippen LogP contribution is -2.53. The number of carboxylic acid groups (broad SMARTS) is 1. The third-order valence-electron chi connectivity index (χ3n) is 12.1. The minimum atomic E-state index is -1.01. The number of urea groups is 1. The Labute approximate surface area is 329 Å². The summed E-state index contributed by atoms with van der Waals surface area (Å²) in [5.41, 5.74) is 5.82. The topological polar surface area (TPSA) is 132 Å². The van der Waals surface area contributed by atoms with Crippen molar-refractivity contribution in [3.05, 3.63) is 100 Å². The minimum absolute atomic E-state index is 0.0215. The zero-order valence-corrected chi connectivity index (χ0v) is 32.7. The van der Waals surface area contributed by atoms with Gasteiger partial charge in [0, 0.05) is 56.9 Å². The number of nitrogens with zero attached hydrogens (tertiary/aromatic N) is 4. The number of rotatable bonds is 10. The lowest BCUT2D eigenvalue weighted by Gasteiger charge is -2.42. The average molecular weight is 766 g/mol. The van der Waals surface area contributed by atoms with E-state index in [1.807, 2.05) is 78.3 Å². The molecule has 4 heterocycles. The molecule has 7 rings (SSSR count). The summed E-state index contributed by atoms with van der Waals surface area (Å²) in [4.78, 5) is 60.6. The molecular weight excluding hydrogens is 711 g/mol. The molecule has 298 valence electrons. The molecule has 0 aromatic heterocycles. The van der Waals surface area contributed by atoms with E-state index in [9.17, 15) is 24.3 Å². The first-order valence-corrected chi connectivity index (χ1v) is 20.2. The van der Waals surface area contributed by atoms with Crippen LogP contribution in [-0.4, -0.2) is 113 Å². The number of aryl methyl sites for hydroxylation is 2. The normalized spacial score (nSPS) is 20.7. The number of carbonyl (C=O) groups is 4. The van der Waals surface area contributed by atoms with Crippen LogP contribution in [0.3, 0.4) is 0 Å². The SMILES string of the molecule is Cc1cc(C[C@@H](OC(=O)N2CCC(N3CC=C4CC=CC=C4NC3=O)CC2)C(=O)N2CCC(N3CCC(C(=O)O)CC3)CC2)cc(C)c1OCc1ccccc1. The van der Waals surface area contributed by atoms with E-state index >= 15 is 0 Å². The molecule has 2 N–H and O–H groups in total. The van der Waals surface area contributed by atoms with Crippen molar-refractivity contribution >= 4 is 24.0 Å². The Morgan fingerprint density at radius 3 is 2.20 bits per heavy atom. The lowest BCUT2D eigenvalue weighted by molar-refractivity contribution is -0.145. The molecular formula is C44H55N5O7. The predicted octanol–water partition coefficient (Wildman–Crippen LogP) is 5.98. The summed E-state index contributed by atoms with van der Waals surface area (Å²) in [6.07, 6.45) is 11.7. The molecule has 0 bridgehead atoms. The number of hydrogen-bond acceptors (Lipinski definition) is 7. The van der Waals surface area contributed by atoms with Crippen molar-refractivity contribution in [3.8, 4) is 5.75 Å². The summed E-state index contributed by atoms with van der Waals surface area (Å²) in [7, 11) is 0. The molecule has 2 aromatic carbocycles. The van der Waals surface area contributed by atoms with Gasteiger partial charge in [-0.25, -0.2) is 9.59 Å². The van der Waals surface area contributed by atoms with E-state index < -0.39 is 18.2 Å². The third-order valence-corrected chi connectivity index (χ3v) is 12.1. The highest BCUT2D eigenvalue weighted by Crippen LogP contribution is 2.29. The molecule has 0 unspecified atom stereocenters. The maximum absolute atomic E-state index is 14.3. The maximum atomic E-state index is 14.3. The first-order chi connectivity index (χ1) is 27.1. The van der Waals surface area contributed by atoms with Gasteiger partial charge in [0.15, 0.2) is 6.10 Å². The zero-order chi connectivity index (χ0) is 39.2. The van der Waals surface area contributed by atoms with Crippen LogP contribution in [0.4, 0.5) is 9.59 Å². The van der Waals surface area contributed by atoms with Gasteiger partial charge in [-0.05, 0) is 106 Å². The summed E-state index contributed by atoms with van der Waals surface area (Å²) in [5.74, 6) is -0.394. The van der Waals surface area contributed by atoms with Gasteiger partial charge < -0.3 is 39.5 Å². The fraction of sp³-hybridized carbons (Fsp3) is 0.500. The lowest BCUT2D eigenvalue weighted by atomic mass is 9.93. The number of allylic oxidation sites excluding steroid dienone is 4. The van der Waals surface area contributed by atoms with E-state index in [0.717, 1.165) is 71.6 Å². The molecule has 2 aromatic rings. The van der Waals surface area contributed by atoms with Crippen molar-refractivity contribution in [1.29, 1.82) is 0 Å². The van der Waals surface area contributed by atoms with Gasteiger partial charge in [-0.1, -0.05) is 60.7 Å². The van der Waals surface area contributed by atoms with Crippen LogP contribution in [0, 0.1) is 19.8 Å². The van der Waals surface area contributed by atoms with E-state index in [4.69, 9.17) is 9.47 Å². The van der Waals surface area contributed by atoms with E-state index in [2.05, 4.69) is 22.4 Å². The van der Waals surface area contributed by atoms with Crippen molar-refractivity contribution in [2.45, 2.75) is 90.0 Å². The summed E-state index contributed by atoms with van der Waals surface area (Å²) in [6.45, 7) is 8.41. The summed E-state index contributed by atoms with van der Waals surface area (Å²) in [5, 5.41) is 12.5. The largest absolute Gasteiger partial charge is 0.488 e. The molecule has 3 fully saturated rings. The molecule has 1 aliphatic carbocycles. The van der Waals surface area contributed by atoms with E-state index in [1.54, 1.807) is 4.90 Å². The first-order valence-electron chi connectivity index (χ1n) is 20.2. The number of likely N-dealkylation sites (tertiary alicyclic amines) is 3. The van der Waals surface area contributed by atoms with Crippen LogP contribution in [0.25, 0.3) is 0 Å². The number of benzene rings is 2. The smallest absolute Gasteiger partial charge is 0.410 e. The number of amides is 4. The fourth-order valence-corrected chi connectivity index (χ4v) is 8.92. The first kappa shape index (κ1) is 39.1. The summed E-state index contributed by atoms with van der Waals surface area (Å²) < 4.78 is 12.4. The van der Waals surface area contributed by atoms with E-state index in [1.165, 1.54) is 0 Å². The Morgan fingerprint density at radius 2 is 1.52 bits per heavy atom. The molecule has 0 saturated carbocycles. The van der Waals surface area contributed by atoms with Crippen molar-refractivity contribution in [1.82, 2.24) is 24.9 Å². The Hall–Kier alpha value is -5.10. The van der Waals surface area contributed by atoms with Gasteiger partial charge >= 0.3 is 18.1 Å². The van der Waals surface area contributed by atoms with Crippen LogP contribution in [0.15, 0.2) is 78.0 Å². The van der Waals surface area contributed by atoms with Gasteiger partial charge in [-0.2, -0.15) is 0 Å². The van der Waals surface area contributed by atoms with Crippen molar-refractivity contribution in [3.63, 3.8) is 0 Å². The molecule has 1 atom stereocenters. The van der Waals surface area contributed by atoms with Crippen LogP contribution in [-0.2, 0) is 27.4 Å². The molecule has 4 amide bonds. The van der Waals surface area contributed by atoms with Gasteiger partial charge in [0.05, 0.1) is 5.92 Å². The number of fused-ring (bicyclic) bond motifs is 1. The Bertz CT molecular complexity index is 1830. The second-order valence-corrected chi connectivity index (χ2v) is 15.9. The van der Waals surface area contributed by atoms with Gasteiger partial charge in [0.25, 0.3) is 5.91 Å². The van der Waals surface area contributed by atoms with Gasteiger partial charge in [0.1, 0.15) is 12.4 Å². The molecule has 0 radical (unpaired) electrons. The van der Waals surface area contributed by atoms with Gasteiger partial charge in [-0.3, -0.25) is 9.59 Å². The zero-order valence-electron chi connectivity index (χ0n) is 32.7. The van der Waals surface area contributed by atoms with E-state index in [-0.39, 0.29) is 30.3 Å². The number of hydrogen-bond donors (Lipinski definition) is 2. The van der Waals surface area contributed by atoms with Crippen LogP contribution in [0.2, 0.25) is 0 Å². The number of piperidine rings is 3. The summed E-state index contributed by atoms with van der Waals surface area (Å²) in [6, 6.07) is 14.2. The monoisotopic (exact) mass is 765 g/mol. The highest BCUT2D eigenvalue weighted by Gasteiger charge is 2.37. The highest BCUT2D eigenvalue weighted by molar-refractivity contribution is 5.84. The molecule has 4 aliphatic heterocycles.